The molecule has 2 N–H and O–H groups in total. The summed E-state index contributed by atoms with van der Waals surface area (Å²) >= 11 is 0. The Hall–Kier alpha value is -2.86. The van der Waals surface area contributed by atoms with Gasteiger partial charge in [-0.2, -0.15) is 0 Å². The maximum Gasteiger partial charge on any atom is 0.253 e. The molecule has 0 unspecified atom stereocenters. The summed E-state index contributed by atoms with van der Waals surface area (Å²) < 4.78 is 0. The van der Waals surface area contributed by atoms with E-state index in [1.165, 1.54) is 24.8 Å². The Morgan fingerprint density at radius 2 is 1.66 bits per heavy atom. The first-order valence-corrected chi connectivity index (χ1v) is 13.2. The van der Waals surface area contributed by atoms with Gasteiger partial charge in [-0.05, 0) is 42.5 Å². The molecule has 1 aliphatic carbocycles. The van der Waals surface area contributed by atoms with Gasteiger partial charge < -0.3 is 15.5 Å². The zero-order chi connectivity index (χ0) is 24.6. The fraction of sp³-hybridized carbons (Fsp3) is 0.517. The first kappa shape index (κ1) is 25.2. The normalized spacial score (nSPS) is 17.4. The van der Waals surface area contributed by atoms with E-state index in [-0.39, 0.29) is 23.8 Å². The van der Waals surface area contributed by atoms with Crippen molar-refractivity contribution in [1.29, 1.82) is 0 Å². The van der Waals surface area contributed by atoms with Gasteiger partial charge in [0.25, 0.3) is 5.91 Å². The molecule has 2 aromatic rings. The highest BCUT2D eigenvalue weighted by molar-refractivity contribution is 6.02. The van der Waals surface area contributed by atoms with Crippen LogP contribution in [0.3, 0.4) is 0 Å². The van der Waals surface area contributed by atoms with Crippen molar-refractivity contribution in [2.45, 2.75) is 65.0 Å². The number of nitrogens with one attached hydrogen (secondary N) is 2. The van der Waals surface area contributed by atoms with Gasteiger partial charge in [-0.3, -0.25) is 14.5 Å². The number of nitrogens with zero attached hydrogens (tertiary/aromatic N) is 2. The molecule has 1 saturated carbocycles. The Morgan fingerprint density at radius 3 is 2.34 bits per heavy atom. The summed E-state index contributed by atoms with van der Waals surface area (Å²) in [6, 6.07) is 16.6. The van der Waals surface area contributed by atoms with Crippen LogP contribution in [0.4, 0.5) is 11.4 Å². The Morgan fingerprint density at radius 1 is 0.943 bits per heavy atom. The maximum absolute atomic E-state index is 13.4. The lowest BCUT2D eigenvalue weighted by Gasteiger charge is -2.37. The predicted octanol–water partition coefficient (Wildman–Crippen LogP) is 5.06. The van der Waals surface area contributed by atoms with Gasteiger partial charge >= 0.3 is 0 Å². The fourth-order valence-electron chi connectivity index (χ4n) is 5.15. The van der Waals surface area contributed by atoms with Crippen molar-refractivity contribution in [3.8, 4) is 0 Å². The van der Waals surface area contributed by atoms with Crippen molar-refractivity contribution in [1.82, 2.24) is 10.2 Å². The van der Waals surface area contributed by atoms with Gasteiger partial charge in [0, 0.05) is 56.6 Å². The second kappa shape index (κ2) is 12.2. The number of carbonyl (C=O) groups is 2. The smallest absolute Gasteiger partial charge is 0.253 e. The van der Waals surface area contributed by atoms with Crippen LogP contribution in [-0.4, -0.2) is 48.9 Å². The Balaban J connectivity index is 1.47. The Kier molecular flexibility index (Phi) is 8.80. The molecule has 0 bridgehead atoms. The lowest BCUT2D eigenvalue weighted by atomic mass is 9.95. The van der Waals surface area contributed by atoms with Crippen LogP contribution in [0.15, 0.2) is 48.5 Å². The predicted molar refractivity (Wildman–Crippen MR) is 143 cm³/mol. The second-order valence-corrected chi connectivity index (χ2v) is 10.4. The molecule has 1 saturated heterocycles. The molecule has 2 fully saturated rings. The number of hydrogen-bond acceptors (Lipinski definition) is 4. The molecule has 1 aliphatic heterocycles. The Labute approximate surface area is 210 Å². The largest absolute Gasteiger partial charge is 0.368 e. The summed E-state index contributed by atoms with van der Waals surface area (Å²) in [4.78, 5) is 30.6. The third kappa shape index (κ3) is 7.31. The van der Waals surface area contributed by atoms with E-state index in [1.54, 1.807) is 0 Å². The van der Waals surface area contributed by atoms with Crippen LogP contribution in [-0.2, 0) is 11.3 Å². The number of anilines is 2. The summed E-state index contributed by atoms with van der Waals surface area (Å²) in [7, 11) is 0. The van der Waals surface area contributed by atoms with Crippen LogP contribution in [0.2, 0.25) is 0 Å². The van der Waals surface area contributed by atoms with E-state index in [0.29, 0.717) is 17.7 Å². The number of rotatable bonds is 8. The van der Waals surface area contributed by atoms with E-state index in [0.717, 1.165) is 51.3 Å². The minimum Gasteiger partial charge on any atom is -0.368 e. The average molecular weight is 477 g/mol. The van der Waals surface area contributed by atoms with Gasteiger partial charge in [0.05, 0.1) is 5.56 Å². The number of carbonyl (C=O) groups excluding carboxylic acids is 2. The van der Waals surface area contributed by atoms with E-state index in [9.17, 15) is 9.59 Å². The topological polar surface area (TPSA) is 64.7 Å². The highest BCUT2D eigenvalue weighted by Gasteiger charge is 2.24. The van der Waals surface area contributed by atoms with Gasteiger partial charge in [-0.25, -0.2) is 0 Å². The van der Waals surface area contributed by atoms with Gasteiger partial charge in [0.2, 0.25) is 5.91 Å². The van der Waals surface area contributed by atoms with Crippen LogP contribution in [0.25, 0.3) is 0 Å². The minimum absolute atomic E-state index is 0.0130. The fourth-order valence-corrected chi connectivity index (χ4v) is 5.15. The maximum atomic E-state index is 13.4. The van der Waals surface area contributed by atoms with Gasteiger partial charge in [-0.15, -0.1) is 0 Å². The zero-order valence-electron chi connectivity index (χ0n) is 21.3. The summed E-state index contributed by atoms with van der Waals surface area (Å²) in [6.45, 7) is 8.65. The molecule has 6 nitrogen and oxygen atoms in total. The van der Waals surface area contributed by atoms with E-state index in [1.807, 2.05) is 32.0 Å². The van der Waals surface area contributed by atoms with Gasteiger partial charge in [0.1, 0.15) is 0 Å². The summed E-state index contributed by atoms with van der Waals surface area (Å²) in [5.41, 5.74) is 3.64. The van der Waals surface area contributed by atoms with E-state index >= 15 is 0 Å². The molecule has 0 aromatic heterocycles. The van der Waals surface area contributed by atoms with Crippen molar-refractivity contribution in [2.75, 3.05) is 36.4 Å². The van der Waals surface area contributed by atoms with Crippen LogP contribution >= 0.6 is 0 Å². The Bertz CT molecular complexity index is 977. The molecule has 2 aliphatic rings. The molecular weight excluding hydrogens is 436 g/mol. The number of amides is 2. The van der Waals surface area contributed by atoms with Crippen molar-refractivity contribution in [3.05, 3.63) is 59.7 Å². The van der Waals surface area contributed by atoms with Crippen LogP contribution in [0.5, 0.6) is 0 Å². The lowest BCUT2D eigenvalue weighted by Crippen LogP contribution is -2.46. The SMILES string of the molecule is CC(C)CC(=O)Nc1ccc(N2CCN(Cc3ccccc3)CC2)c(C(=O)NC2CCCCC2)c1. The zero-order valence-corrected chi connectivity index (χ0v) is 21.3. The molecule has 2 amide bonds. The van der Waals surface area contributed by atoms with E-state index < -0.39 is 0 Å². The molecule has 0 radical (unpaired) electrons. The molecular formula is C29H40N4O2. The van der Waals surface area contributed by atoms with Crippen molar-refractivity contribution >= 4 is 23.2 Å². The number of hydrogen-bond donors (Lipinski definition) is 2. The summed E-state index contributed by atoms with van der Waals surface area (Å²) in [5.74, 6) is 0.245. The van der Waals surface area contributed by atoms with Crippen LogP contribution in [0.1, 0.15) is 68.3 Å². The summed E-state index contributed by atoms with van der Waals surface area (Å²) in [5, 5.41) is 6.27. The average Bonchev–Trinajstić information content (AvgIpc) is 2.85. The molecule has 0 atom stereocenters. The highest BCUT2D eigenvalue weighted by atomic mass is 16.2. The third-order valence-electron chi connectivity index (χ3n) is 7.02. The third-order valence-corrected chi connectivity index (χ3v) is 7.02. The summed E-state index contributed by atoms with van der Waals surface area (Å²) in [6.07, 6.45) is 6.16. The van der Waals surface area contributed by atoms with Crippen LogP contribution < -0.4 is 15.5 Å². The van der Waals surface area contributed by atoms with E-state index in [2.05, 4.69) is 50.8 Å². The molecule has 0 spiro atoms. The highest BCUT2D eigenvalue weighted by Crippen LogP contribution is 2.27. The molecule has 1 heterocycles. The monoisotopic (exact) mass is 476 g/mol. The number of benzene rings is 2. The van der Waals surface area contributed by atoms with Crippen LogP contribution in [0, 0.1) is 5.92 Å². The first-order chi connectivity index (χ1) is 17.0. The van der Waals surface area contributed by atoms with Crippen molar-refractivity contribution < 1.29 is 9.59 Å². The van der Waals surface area contributed by atoms with Gasteiger partial charge in [0.15, 0.2) is 0 Å². The first-order valence-electron chi connectivity index (χ1n) is 13.2. The molecule has 35 heavy (non-hydrogen) atoms. The standard InChI is InChI=1S/C29H40N4O2/c1-22(2)19-28(34)30-25-13-14-27(26(20-25)29(35)31-24-11-7-4-8-12-24)33-17-15-32(16-18-33)21-23-9-5-3-6-10-23/h3,5-6,9-10,13-14,20,22,24H,4,7-8,11-12,15-19,21H2,1-2H3,(H,30,34)(H,31,35). The van der Waals surface area contributed by atoms with Gasteiger partial charge in [-0.1, -0.05) is 63.4 Å². The van der Waals surface area contributed by atoms with E-state index in [4.69, 9.17) is 0 Å². The molecule has 188 valence electrons. The quantitative estimate of drug-likeness (QED) is 0.559. The minimum atomic E-state index is -0.0291. The van der Waals surface area contributed by atoms with Crippen molar-refractivity contribution in [2.24, 2.45) is 5.92 Å². The lowest BCUT2D eigenvalue weighted by molar-refractivity contribution is -0.116. The second-order valence-electron chi connectivity index (χ2n) is 10.4. The molecule has 2 aromatic carbocycles. The number of piperazine rings is 1. The van der Waals surface area contributed by atoms with Crippen molar-refractivity contribution in [3.63, 3.8) is 0 Å². The molecule has 6 heteroatoms. The molecule has 4 rings (SSSR count).